The van der Waals surface area contributed by atoms with Crippen LogP contribution in [-0.2, 0) is 10.3 Å². The highest BCUT2D eigenvalue weighted by atomic mass is 35.5. The van der Waals surface area contributed by atoms with E-state index in [1.54, 1.807) is 5.51 Å². The summed E-state index contributed by atoms with van der Waals surface area (Å²) >= 11 is 1.41. The van der Waals surface area contributed by atoms with Crippen LogP contribution in [0.15, 0.2) is 5.51 Å². The summed E-state index contributed by atoms with van der Waals surface area (Å²) in [7, 11) is 0. The Kier molecular flexibility index (Phi) is 3.51. The number of aromatic nitrogens is 1. The maximum absolute atomic E-state index is 11.7. The number of urea groups is 1. The van der Waals surface area contributed by atoms with Crippen LogP contribution in [0.3, 0.4) is 0 Å². The molecule has 1 aromatic rings. The van der Waals surface area contributed by atoms with E-state index in [2.05, 4.69) is 15.6 Å². The van der Waals surface area contributed by atoms with Crippen LogP contribution < -0.4 is 16.4 Å². The van der Waals surface area contributed by atoms with Crippen molar-refractivity contribution in [1.29, 1.82) is 0 Å². The molecule has 0 aliphatic carbocycles. The number of carbonyl (C=O) groups excluding carboxylic acids is 2. The largest absolute Gasteiger partial charge is 0.327 e. The molecule has 0 bridgehead atoms. The summed E-state index contributed by atoms with van der Waals surface area (Å²) in [5.74, 6) is -0.441. The van der Waals surface area contributed by atoms with Crippen LogP contribution in [0.1, 0.15) is 10.6 Å². The van der Waals surface area contributed by atoms with Gasteiger partial charge in [-0.15, -0.1) is 23.7 Å². The van der Waals surface area contributed by atoms with Gasteiger partial charge < -0.3 is 11.1 Å². The number of amides is 3. The van der Waals surface area contributed by atoms with Crippen LogP contribution in [0.5, 0.6) is 0 Å². The molecule has 1 atom stereocenters. The molecule has 1 aliphatic rings. The van der Waals surface area contributed by atoms with Crippen molar-refractivity contribution in [2.45, 2.75) is 12.5 Å². The van der Waals surface area contributed by atoms with Gasteiger partial charge in [0.2, 0.25) is 0 Å². The first-order valence-electron chi connectivity index (χ1n) is 4.34. The Labute approximate surface area is 102 Å². The Balaban J connectivity index is 0.00000128. The molecule has 4 N–H and O–H groups in total. The lowest BCUT2D eigenvalue weighted by molar-refractivity contribution is -0.124. The first kappa shape index (κ1) is 12.9. The smallest absolute Gasteiger partial charge is 0.322 e. The van der Waals surface area contributed by atoms with E-state index in [0.717, 1.165) is 4.88 Å². The lowest BCUT2D eigenvalue weighted by Gasteiger charge is -2.22. The van der Waals surface area contributed by atoms with Crippen molar-refractivity contribution >= 4 is 35.7 Å². The molecule has 0 radical (unpaired) electrons. The fourth-order valence-corrected chi connectivity index (χ4v) is 2.27. The highest BCUT2D eigenvalue weighted by molar-refractivity contribution is 7.09. The molecule has 8 heteroatoms. The number of nitrogens with two attached hydrogens (primary N) is 1. The molecule has 0 aromatic carbocycles. The third-order valence-electron chi connectivity index (χ3n) is 2.40. The molecule has 1 fully saturated rings. The highest BCUT2D eigenvalue weighted by Crippen LogP contribution is 2.27. The Morgan fingerprint density at radius 1 is 1.56 bits per heavy atom. The molecule has 0 unspecified atom stereocenters. The predicted molar refractivity (Wildman–Crippen MR) is 61.5 cm³/mol. The predicted octanol–water partition coefficient (Wildman–Crippen LogP) is -0.133. The zero-order valence-corrected chi connectivity index (χ0v) is 10.1. The number of hydrogen-bond donors (Lipinski definition) is 3. The summed E-state index contributed by atoms with van der Waals surface area (Å²) in [6, 6.07) is -0.530. The second-order valence-corrected chi connectivity index (χ2v) is 4.33. The van der Waals surface area contributed by atoms with Gasteiger partial charge in [0.15, 0.2) is 5.54 Å². The van der Waals surface area contributed by atoms with E-state index >= 15 is 0 Å². The Morgan fingerprint density at radius 3 is 2.62 bits per heavy atom. The molecule has 6 nitrogen and oxygen atoms in total. The van der Waals surface area contributed by atoms with E-state index in [-0.39, 0.29) is 19.0 Å². The topological polar surface area (TPSA) is 97.1 Å². The molecule has 3 amide bonds. The van der Waals surface area contributed by atoms with Crippen LogP contribution >= 0.6 is 23.7 Å². The summed E-state index contributed by atoms with van der Waals surface area (Å²) in [5.41, 5.74) is 6.53. The van der Waals surface area contributed by atoms with Gasteiger partial charge in [-0.3, -0.25) is 10.1 Å². The number of aryl methyl sites for hydroxylation is 1. The van der Waals surface area contributed by atoms with Gasteiger partial charge in [-0.25, -0.2) is 9.78 Å². The molecule has 0 saturated carbocycles. The highest BCUT2D eigenvalue weighted by Gasteiger charge is 2.49. The SMILES string of the molecule is Cc1scnc1[C@@]1(CN)NC(=O)NC1=O.Cl. The van der Waals surface area contributed by atoms with Gasteiger partial charge in [-0.2, -0.15) is 0 Å². The minimum Gasteiger partial charge on any atom is -0.327 e. The molecule has 88 valence electrons. The van der Waals surface area contributed by atoms with Crippen molar-refractivity contribution in [3.63, 3.8) is 0 Å². The summed E-state index contributed by atoms with van der Waals surface area (Å²) in [6.07, 6.45) is 0. The van der Waals surface area contributed by atoms with Gasteiger partial charge in [-0.1, -0.05) is 0 Å². The number of thiazole rings is 1. The molecule has 1 aliphatic heterocycles. The van der Waals surface area contributed by atoms with E-state index in [1.165, 1.54) is 11.3 Å². The summed E-state index contributed by atoms with van der Waals surface area (Å²) in [5, 5.41) is 4.70. The second kappa shape index (κ2) is 4.36. The van der Waals surface area contributed by atoms with Crippen LogP contribution in [0.2, 0.25) is 0 Å². The minimum absolute atomic E-state index is 0. The van der Waals surface area contributed by atoms with Crippen LogP contribution in [0.25, 0.3) is 0 Å². The average molecular weight is 263 g/mol. The van der Waals surface area contributed by atoms with E-state index < -0.39 is 17.5 Å². The standard InChI is InChI=1S/C8H10N4O2S.ClH/c1-4-5(10-3-15-4)8(2-9)6(13)11-7(14)12-8;/h3H,2,9H2,1H3,(H2,11,12,13,14);1H/t8-;/m1./s1. The average Bonchev–Trinajstić information content (AvgIpc) is 2.71. The van der Waals surface area contributed by atoms with Gasteiger partial charge in [-0.05, 0) is 6.92 Å². The van der Waals surface area contributed by atoms with Crippen molar-refractivity contribution in [2.24, 2.45) is 5.73 Å². The van der Waals surface area contributed by atoms with Crippen LogP contribution in [-0.4, -0.2) is 23.5 Å². The number of nitrogens with one attached hydrogen (secondary N) is 2. The quantitative estimate of drug-likeness (QED) is 0.647. The zero-order chi connectivity index (χ0) is 11.1. The Hall–Kier alpha value is -1.18. The normalized spacial score (nSPS) is 23.6. The third-order valence-corrected chi connectivity index (χ3v) is 3.15. The number of nitrogens with zero attached hydrogens (tertiary/aromatic N) is 1. The van der Waals surface area contributed by atoms with Crippen molar-refractivity contribution in [3.8, 4) is 0 Å². The number of hydrogen-bond acceptors (Lipinski definition) is 5. The maximum atomic E-state index is 11.7. The van der Waals surface area contributed by atoms with E-state index in [9.17, 15) is 9.59 Å². The van der Waals surface area contributed by atoms with E-state index in [1.807, 2.05) is 6.92 Å². The second-order valence-electron chi connectivity index (χ2n) is 3.27. The van der Waals surface area contributed by atoms with Gasteiger partial charge in [0.1, 0.15) is 0 Å². The Morgan fingerprint density at radius 2 is 2.25 bits per heavy atom. The van der Waals surface area contributed by atoms with E-state index in [4.69, 9.17) is 5.73 Å². The lowest BCUT2D eigenvalue weighted by atomic mass is 9.95. The minimum atomic E-state index is -1.19. The monoisotopic (exact) mass is 262 g/mol. The van der Waals surface area contributed by atoms with E-state index in [0.29, 0.717) is 5.69 Å². The molecule has 1 saturated heterocycles. The zero-order valence-electron chi connectivity index (χ0n) is 8.44. The summed E-state index contributed by atoms with van der Waals surface area (Å²) in [4.78, 5) is 27.8. The molecule has 2 heterocycles. The van der Waals surface area contributed by atoms with Crippen molar-refractivity contribution in [1.82, 2.24) is 15.6 Å². The number of halogens is 1. The fourth-order valence-electron chi connectivity index (χ4n) is 1.61. The van der Waals surface area contributed by atoms with Crippen molar-refractivity contribution in [2.75, 3.05) is 6.54 Å². The molecular weight excluding hydrogens is 252 g/mol. The van der Waals surface area contributed by atoms with Gasteiger partial charge in [0, 0.05) is 11.4 Å². The number of rotatable bonds is 2. The molecular formula is C8H11ClN4O2S. The van der Waals surface area contributed by atoms with Crippen LogP contribution in [0.4, 0.5) is 4.79 Å². The molecule has 0 spiro atoms. The summed E-state index contributed by atoms with van der Waals surface area (Å²) in [6.45, 7) is 1.83. The maximum Gasteiger partial charge on any atom is 0.322 e. The molecule has 16 heavy (non-hydrogen) atoms. The lowest BCUT2D eigenvalue weighted by Crippen LogP contribution is -2.50. The first-order valence-corrected chi connectivity index (χ1v) is 5.22. The van der Waals surface area contributed by atoms with Gasteiger partial charge >= 0.3 is 6.03 Å². The van der Waals surface area contributed by atoms with Crippen molar-refractivity contribution < 1.29 is 9.59 Å². The third kappa shape index (κ3) is 1.66. The van der Waals surface area contributed by atoms with Gasteiger partial charge in [0.25, 0.3) is 5.91 Å². The number of carbonyl (C=O) groups is 2. The van der Waals surface area contributed by atoms with Crippen LogP contribution in [0, 0.1) is 6.92 Å². The Bertz CT molecular complexity index is 435. The number of imide groups is 1. The molecule has 1 aromatic heterocycles. The fraction of sp³-hybridized carbons (Fsp3) is 0.375. The summed E-state index contributed by atoms with van der Waals surface area (Å²) < 4.78 is 0. The molecule has 2 rings (SSSR count). The van der Waals surface area contributed by atoms with Gasteiger partial charge in [0.05, 0.1) is 11.2 Å². The first-order chi connectivity index (χ1) is 7.10. The van der Waals surface area contributed by atoms with Crippen molar-refractivity contribution in [3.05, 3.63) is 16.1 Å².